The molecule has 0 saturated carbocycles. The minimum absolute atomic E-state index is 0.109. The Balaban J connectivity index is 4.20. The molecule has 0 saturated heterocycles. The predicted octanol–water partition coefficient (Wildman–Crippen LogP) is 20.5. The summed E-state index contributed by atoms with van der Waals surface area (Å²) in [7, 11) is 0. The van der Waals surface area contributed by atoms with Crippen LogP contribution in [0.25, 0.3) is 0 Å². The maximum Gasteiger partial charge on any atom is 0.306 e. The summed E-state index contributed by atoms with van der Waals surface area (Å²) in [5.41, 5.74) is 0. The van der Waals surface area contributed by atoms with Crippen LogP contribution >= 0.6 is 0 Å². The number of unbranched alkanes of at least 4 members (excludes halogenated alkanes) is 15. The second kappa shape index (κ2) is 61.6. The fourth-order valence-corrected chi connectivity index (χ4v) is 7.61. The van der Waals surface area contributed by atoms with Gasteiger partial charge in [0, 0.05) is 19.3 Å². The van der Waals surface area contributed by atoms with Crippen LogP contribution in [-0.4, -0.2) is 37.2 Å². The van der Waals surface area contributed by atoms with Gasteiger partial charge in [-0.1, -0.05) is 256 Å². The molecule has 0 heterocycles. The van der Waals surface area contributed by atoms with E-state index in [1.807, 2.05) is 0 Å². The topological polar surface area (TPSA) is 78.9 Å². The lowest BCUT2D eigenvalue weighted by molar-refractivity contribution is -0.167. The molecular formula is C69H108O6. The van der Waals surface area contributed by atoms with Crippen LogP contribution in [0.4, 0.5) is 0 Å². The number of carbonyl (C=O) groups is 3. The van der Waals surface area contributed by atoms with Crippen molar-refractivity contribution in [3.8, 4) is 0 Å². The third-order valence-corrected chi connectivity index (χ3v) is 12.0. The molecule has 0 aliphatic carbocycles. The first-order valence-electron chi connectivity index (χ1n) is 30.0. The van der Waals surface area contributed by atoms with E-state index in [1.54, 1.807) is 0 Å². The van der Waals surface area contributed by atoms with Crippen molar-refractivity contribution in [2.24, 2.45) is 0 Å². The molecule has 1 unspecified atom stereocenters. The van der Waals surface area contributed by atoms with Gasteiger partial charge in [-0.05, 0) is 122 Å². The SMILES string of the molecule is CC/C=C\C/C=C\C/C=C\C/C=C\C/C=C\C/C=C\C/C=C\CCCC(=O)OC(COC(=O)CCCCCCC)COC(=O)CCCCCCCCCCCC/C=C\C/C=C\C/C=C\C/C=C\C/C=C\C/C=C\CC. The number of ether oxygens (including phenoxy) is 3. The molecule has 6 nitrogen and oxygen atoms in total. The van der Waals surface area contributed by atoms with E-state index in [2.05, 4.69) is 179 Å². The highest BCUT2D eigenvalue weighted by Crippen LogP contribution is 2.14. The second-order valence-corrected chi connectivity index (χ2v) is 19.1. The second-order valence-electron chi connectivity index (χ2n) is 19.1. The lowest BCUT2D eigenvalue weighted by atomic mass is 10.1. The normalized spacial score (nSPS) is 13.3. The highest BCUT2D eigenvalue weighted by Gasteiger charge is 2.19. The van der Waals surface area contributed by atoms with Crippen molar-refractivity contribution in [1.29, 1.82) is 0 Å². The Morgan fingerprint density at radius 2 is 0.533 bits per heavy atom. The third kappa shape index (κ3) is 59.8. The monoisotopic (exact) mass is 1030 g/mol. The van der Waals surface area contributed by atoms with E-state index in [0.717, 1.165) is 148 Å². The van der Waals surface area contributed by atoms with Crippen molar-refractivity contribution in [1.82, 2.24) is 0 Å². The van der Waals surface area contributed by atoms with Gasteiger partial charge >= 0.3 is 17.9 Å². The van der Waals surface area contributed by atoms with Crippen molar-refractivity contribution < 1.29 is 28.6 Å². The molecular weight excluding hydrogens is 925 g/mol. The Labute approximate surface area is 460 Å². The average molecular weight is 1030 g/mol. The quantitative estimate of drug-likeness (QED) is 0.0261. The Morgan fingerprint density at radius 3 is 0.853 bits per heavy atom. The van der Waals surface area contributed by atoms with Gasteiger partial charge < -0.3 is 14.2 Å². The first-order chi connectivity index (χ1) is 37.0. The summed E-state index contributed by atoms with van der Waals surface area (Å²) in [4.78, 5) is 37.8. The lowest BCUT2D eigenvalue weighted by Crippen LogP contribution is -2.30. The summed E-state index contributed by atoms with van der Waals surface area (Å²) in [6.45, 7) is 6.26. The van der Waals surface area contributed by atoms with Gasteiger partial charge in [0.1, 0.15) is 13.2 Å². The largest absolute Gasteiger partial charge is 0.462 e. The number of hydrogen-bond donors (Lipinski definition) is 0. The van der Waals surface area contributed by atoms with E-state index in [-0.39, 0.29) is 37.5 Å². The highest BCUT2D eigenvalue weighted by molar-refractivity contribution is 5.71. The van der Waals surface area contributed by atoms with Crippen molar-refractivity contribution in [3.05, 3.63) is 158 Å². The predicted molar refractivity (Wildman–Crippen MR) is 325 cm³/mol. The van der Waals surface area contributed by atoms with Crippen LogP contribution in [0.1, 0.15) is 239 Å². The fourth-order valence-electron chi connectivity index (χ4n) is 7.61. The van der Waals surface area contributed by atoms with Gasteiger partial charge in [-0.2, -0.15) is 0 Å². The standard InChI is InChI=1S/C69H108O6/c1-4-7-10-13-15-17-19-21-23-25-27-29-31-32-33-34-35-36-38-39-41-43-45-47-49-51-53-56-59-62-68(71)74-65-66(64-73-67(70)61-58-55-12-9-6-3)75-69(72)63-60-57-54-52-50-48-46-44-42-40-37-30-28-26-24-22-20-18-16-14-11-8-5-2/h7-8,10-11,15-18,21-24,27-30,32-33,35-36,40,42,46,48,52,54,66H,4-6,9,12-14,19-20,25-26,31,34,37-39,41,43-45,47,49-51,53,55-65H2,1-3H3/b10-7-,11-8-,17-15-,18-16-,23-21-,24-22-,29-27-,30-28-,33-32-,36-35-,42-40-,48-46-,54-52-. The van der Waals surface area contributed by atoms with E-state index < -0.39 is 6.10 Å². The molecule has 0 amide bonds. The molecule has 0 aliphatic heterocycles. The van der Waals surface area contributed by atoms with Crippen molar-refractivity contribution in [3.63, 3.8) is 0 Å². The molecule has 0 radical (unpaired) electrons. The van der Waals surface area contributed by atoms with E-state index >= 15 is 0 Å². The fraction of sp³-hybridized carbons (Fsp3) is 0.580. The summed E-state index contributed by atoms with van der Waals surface area (Å²) in [6.07, 6.45) is 90.1. The summed E-state index contributed by atoms with van der Waals surface area (Å²) < 4.78 is 16.7. The summed E-state index contributed by atoms with van der Waals surface area (Å²) >= 11 is 0. The molecule has 1 atom stereocenters. The van der Waals surface area contributed by atoms with Crippen molar-refractivity contribution in [2.75, 3.05) is 13.2 Å². The van der Waals surface area contributed by atoms with Crippen LogP contribution in [-0.2, 0) is 28.6 Å². The summed E-state index contributed by atoms with van der Waals surface area (Å²) in [5, 5.41) is 0. The van der Waals surface area contributed by atoms with Gasteiger partial charge in [-0.15, -0.1) is 0 Å². The van der Waals surface area contributed by atoms with E-state index in [1.165, 1.54) is 44.9 Å². The van der Waals surface area contributed by atoms with Crippen molar-refractivity contribution in [2.45, 2.75) is 245 Å². The molecule has 0 spiro atoms. The molecule has 0 bridgehead atoms. The van der Waals surface area contributed by atoms with E-state index in [4.69, 9.17) is 14.2 Å². The molecule has 6 heteroatoms. The van der Waals surface area contributed by atoms with Crippen molar-refractivity contribution >= 4 is 17.9 Å². The van der Waals surface area contributed by atoms with Crippen LogP contribution < -0.4 is 0 Å². The minimum Gasteiger partial charge on any atom is -0.462 e. The Bertz CT molecular complexity index is 1710. The molecule has 0 fully saturated rings. The first kappa shape index (κ1) is 70.0. The zero-order chi connectivity index (χ0) is 54.3. The molecule has 0 aromatic rings. The Hall–Kier alpha value is -4.97. The van der Waals surface area contributed by atoms with Crippen LogP contribution in [0.3, 0.4) is 0 Å². The summed E-state index contributed by atoms with van der Waals surface area (Å²) in [5.74, 6) is -0.995. The zero-order valence-corrected chi connectivity index (χ0v) is 48.0. The van der Waals surface area contributed by atoms with Gasteiger partial charge in [0.2, 0.25) is 0 Å². The molecule has 0 aliphatic rings. The lowest BCUT2D eigenvalue weighted by Gasteiger charge is -2.18. The van der Waals surface area contributed by atoms with Gasteiger partial charge in [-0.3, -0.25) is 14.4 Å². The van der Waals surface area contributed by atoms with Crippen LogP contribution in [0.15, 0.2) is 158 Å². The molecule has 75 heavy (non-hydrogen) atoms. The number of allylic oxidation sites excluding steroid dienone is 26. The van der Waals surface area contributed by atoms with Gasteiger partial charge in [0.05, 0.1) is 0 Å². The van der Waals surface area contributed by atoms with Gasteiger partial charge in [-0.25, -0.2) is 0 Å². The smallest absolute Gasteiger partial charge is 0.306 e. The Morgan fingerprint density at radius 1 is 0.280 bits per heavy atom. The van der Waals surface area contributed by atoms with Crippen LogP contribution in [0, 0.1) is 0 Å². The molecule has 0 aromatic carbocycles. The first-order valence-corrected chi connectivity index (χ1v) is 30.0. The van der Waals surface area contributed by atoms with E-state index in [0.29, 0.717) is 19.3 Å². The molecule has 420 valence electrons. The Kier molecular flexibility index (Phi) is 57.5. The van der Waals surface area contributed by atoms with Gasteiger partial charge in [0.15, 0.2) is 6.10 Å². The molecule has 0 aromatic heterocycles. The summed E-state index contributed by atoms with van der Waals surface area (Å²) in [6, 6.07) is 0. The molecule has 0 rings (SSSR count). The van der Waals surface area contributed by atoms with Gasteiger partial charge in [0.25, 0.3) is 0 Å². The highest BCUT2D eigenvalue weighted by atomic mass is 16.6. The zero-order valence-electron chi connectivity index (χ0n) is 48.0. The number of carbonyl (C=O) groups excluding carboxylic acids is 3. The van der Waals surface area contributed by atoms with Crippen LogP contribution in [0.2, 0.25) is 0 Å². The third-order valence-electron chi connectivity index (χ3n) is 12.0. The number of rotatable bonds is 52. The molecule has 0 N–H and O–H groups in total. The van der Waals surface area contributed by atoms with Crippen LogP contribution in [0.5, 0.6) is 0 Å². The maximum atomic E-state index is 12.8. The minimum atomic E-state index is -0.814. The number of hydrogen-bond acceptors (Lipinski definition) is 6. The maximum absolute atomic E-state index is 12.8. The average Bonchev–Trinajstić information content (AvgIpc) is 3.41. The number of esters is 3. The van der Waals surface area contributed by atoms with E-state index in [9.17, 15) is 14.4 Å².